The first-order chi connectivity index (χ1) is 13.8. The van der Waals surface area contributed by atoms with Gasteiger partial charge in [0.1, 0.15) is 12.1 Å². The number of imide groups is 1. The molecule has 7 nitrogen and oxygen atoms in total. The highest BCUT2D eigenvalue weighted by Gasteiger charge is 2.30. The maximum atomic E-state index is 13.0. The van der Waals surface area contributed by atoms with E-state index >= 15 is 0 Å². The lowest BCUT2D eigenvalue weighted by Gasteiger charge is -2.27. The van der Waals surface area contributed by atoms with Crippen LogP contribution in [-0.4, -0.2) is 47.6 Å². The molecule has 3 N–H and O–H groups in total. The fourth-order valence-electron chi connectivity index (χ4n) is 3.45. The highest BCUT2D eigenvalue weighted by Crippen LogP contribution is 2.18. The molecule has 7 heteroatoms. The molecule has 1 unspecified atom stereocenters. The molecular weight excluding hydrogens is 370 g/mol. The van der Waals surface area contributed by atoms with Crippen molar-refractivity contribution >= 4 is 23.4 Å². The quantitative estimate of drug-likeness (QED) is 0.617. The van der Waals surface area contributed by atoms with Crippen LogP contribution in [0, 0.1) is 5.92 Å². The van der Waals surface area contributed by atoms with E-state index in [4.69, 9.17) is 0 Å². The van der Waals surface area contributed by atoms with Crippen LogP contribution in [0.3, 0.4) is 0 Å². The predicted molar refractivity (Wildman–Crippen MR) is 112 cm³/mol. The molecule has 29 heavy (non-hydrogen) atoms. The molecule has 1 aliphatic carbocycles. The fourth-order valence-corrected chi connectivity index (χ4v) is 3.45. The summed E-state index contributed by atoms with van der Waals surface area (Å²) in [6, 6.07) is 8.03. The van der Waals surface area contributed by atoms with Gasteiger partial charge in [-0.15, -0.1) is 0 Å². The zero-order valence-electron chi connectivity index (χ0n) is 17.6. The molecule has 1 aliphatic rings. The number of benzene rings is 1. The lowest BCUT2D eigenvalue weighted by atomic mass is 9.95. The van der Waals surface area contributed by atoms with E-state index in [-0.39, 0.29) is 18.4 Å². The van der Waals surface area contributed by atoms with E-state index in [1.54, 1.807) is 44.2 Å². The van der Waals surface area contributed by atoms with E-state index in [1.807, 2.05) is 0 Å². The Labute approximate surface area is 172 Å². The second-order valence-electron chi connectivity index (χ2n) is 8.04. The number of hydrogen-bond acceptors (Lipinski definition) is 5. The molecule has 1 saturated carbocycles. The SMILES string of the molecule is CC(C)C(O)C(=O)N[C@@H](C)C(=O)N(C(=O)CNC1CCCCC1)c1ccccc1. The van der Waals surface area contributed by atoms with Crippen LogP contribution >= 0.6 is 0 Å². The summed E-state index contributed by atoms with van der Waals surface area (Å²) in [4.78, 5) is 39.2. The predicted octanol–water partition coefficient (Wildman–Crippen LogP) is 1.99. The zero-order chi connectivity index (χ0) is 21.4. The van der Waals surface area contributed by atoms with E-state index in [9.17, 15) is 19.5 Å². The molecular formula is C22H33N3O4. The largest absolute Gasteiger partial charge is 0.383 e. The fraction of sp³-hybridized carbons (Fsp3) is 0.591. The standard InChI is InChI=1S/C22H33N3O4/c1-15(2)20(27)21(28)24-16(3)22(29)25(18-12-8-5-9-13-18)19(26)14-23-17-10-6-4-7-11-17/h5,8-9,12-13,15-17,20,23,27H,4,6-7,10-11,14H2,1-3H3,(H,24,28)/t16-,20?/m0/s1. The lowest BCUT2D eigenvalue weighted by Crippen LogP contribution is -2.54. The Hall–Kier alpha value is -2.25. The summed E-state index contributed by atoms with van der Waals surface area (Å²) in [6.07, 6.45) is 4.38. The maximum absolute atomic E-state index is 13.0. The number of nitrogens with zero attached hydrogens (tertiary/aromatic N) is 1. The smallest absolute Gasteiger partial charge is 0.256 e. The Morgan fingerprint density at radius 3 is 2.28 bits per heavy atom. The van der Waals surface area contributed by atoms with Gasteiger partial charge in [-0.05, 0) is 37.8 Å². The first-order valence-electron chi connectivity index (χ1n) is 10.4. The lowest BCUT2D eigenvalue weighted by molar-refractivity contribution is -0.135. The van der Waals surface area contributed by atoms with E-state index in [0.29, 0.717) is 11.7 Å². The number of carbonyl (C=O) groups excluding carboxylic acids is 3. The summed E-state index contributed by atoms with van der Waals surface area (Å²) >= 11 is 0. The number of aliphatic hydroxyl groups is 1. The van der Waals surface area contributed by atoms with E-state index in [1.165, 1.54) is 13.3 Å². The molecule has 0 aromatic heterocycles. The van der Waals surface area contributed by atoms with Gasteiger partial charge in [0.15, 0.2) is 0 Å². The molecule has 1 fully saturated rings. The minimum absolute atomic E-state index is 0.0561. The van der Waals surface area contributed by atoms with Crippen molar-refractivity contribution in [3.05, 3.63) is 30.3 Å². The van der Waals surface area contributed by atoms with Gasteiger partial charge in [-0.2, -0.15) is 0 Å². The Kier molecular flexibility index (Phi) is 8.79. The molecule has 0 bridgehead atoms. The first-order valence-corrected chi connectivity index (χ1v) is 10.4. The van der Waals surface area contributed by atoms with Crippen molar-refractivity contribution in [1.29, 1.82) is 0 Å². The number of nitrogens with one attached hydrogen (secondary N) is 2. The molecule has 0 radical (unpaired) electrons. The third kappa shape index (κ3) is 6.65. The molecule has 2 atom stereocenters. The number of anilines is 1. The summed E-state index contributed by atoms with van der Waals surface area (Å²) in [5, 5.41) is 15.7. The second-order valence-corrected chi connectivity index (χ2v) is 8.04. The van der Waals surface area contributed by atoms with Gasteiger partial charge in [0.05, 0.1) is 12.2 Å². The Bertz CT molecular complexity index is 687. The minimum atomic E-state index is -1.21. The summed E-state index contributed by atoms with van der Waals surface area (Å²) in [6.45, 7) is 5.01. The van der Waals surface area contributed by atoms with Gasteiger partial charge in [-0.1, -0.05) is 51.3 Å². The van der Waals surface area contributed by atoms with Crippen LogP contribution in [0.2, 0.25) is 0 Å². The van der Waals surface area contributed by atoms with Gasteiger partial charge < -0.3 is 15.7 Å². The number of aliphatic hydroxyl groups excluding tert-OH is 1. The third-order valence-electron chi connectivity index (χ3n) is 5.26. The number of rotatable bonds is 8. The van der Waals surface area contributed by atoms with Crippen molar-refractivity contribution in [2.75, 3.05) is 11.4 Å². The summed E-state index contributed by atoms with van der Waals surface area (Å²) in [7, 11) is 0. The number of amides is 3. The van der Waals surface area contributed by atoms with Crippen molar-refractivity contribution in [2.45, 2.75) is 71.1 Å². The van der Waals surface area contributed by atoms with Gasteiger partial charge >= 0.3 is 0 Å². The minimum Gasteiger partial charge on any atom is -0.383 e. The van der Waals surface area contributed by atoms with Crippen LogP contribution in [0.15, 0.2) is 30.3 Å². The van der Waals surface area contributed by atoms with Crippen molar-refractivity contribution in [3.8, 4) is 0 Å². The average Bonchev–Trinajstić information content (AvgIpc) is 2.73. The molecule has 160 valence electrons. The molecule has 1 aromatic carbocycles. The Balaban J connectivity index is 2.09. The molecule has 0 saturated heterocycles. The molecule has 1 aromatic rings. The van der Waals surface area contributed by atoms with Crippen LogP contribution in [0.1, 0.15) is 52.9 Å². The monoisotopic (exact) mass is 403 g/mol. The summed E-state index contributed by atoms with van der Waals surface area (Å²) < 4.78 is 0. The van der Waals surface area contributed by atoms with E-state index < -0.39 is 24.0 Å². The van der Waals surface area contributed by atoms with Gasteiger partial charge in [-0.3, -0.25) is 14.4 Å². The average molecular weight is 404 g/mol. The van der Waals surface area contributed by atoms with Gasteiger partial charge in [0, 0.05) is 6.04 Å². The second kappa shape index (κ2) is 11.1. The van der Waals surface area contributed by atoms with Crippen LogP contribution in [0.25, 0.3) is 0 Å². The Morgan fingerprint density at radius 1 is 1.07 bits per heavy atom. The summed E-state index contributed by atoms with van der Waals surface area (Å²) in [5.41, 5.74) is 0.457. The maximum Gasteiger partial charge on any atom is 0.256 e. The van der Waals surface area contributed by atoms with Crippen LogP contribution < -0.4 is 15.5 Å². The number of hydrogen-bond donors (Lipinski definition) is 3. The first kappa shape index (κ1) is 23.0. The van der Waals surface area contributed by atoms with Crippen molar-refractivity contribution < 1.29 is 19.5 Å². The van der Waals surface area contributed by atoms with Crippen molar-refractivity contribution in [3.63, 3.8) is 0 Å². The third-order valence-corrected chi connectivity index (χ3v) is 5.26. The van der Waals surface area contributed by atoms with Crippen molar-refractivity contribution in [1.82, 2.24) is 10.6 Å². The molecule has 0 spiro atoms. The highest BCUT2D eigenvalue weighted by atomic mass is 16.3. The van der Waals surface area contributed by atoms with Crippen molar-refractivity contribution in [2.24, 2.45) is 5.92 Å². The number of carbonyl (C=O) groups is 3. The molecule has 0 aliphatic heterocycles. The Morgan fingerprint density at radius 2 is 1.69 bits per heavy atom. The van der Waals surface area contributed by atoms with Crippen LogP contribution in [0.4, 0.5) is 5.69 Å². The number of para-hydroxylation sites is 1. The van der Waals surface area contributed by atoms with Crippen LogP contribution in [0.5, 0.6) is 0 Å². The normalized spacial score (nSPS) is 16.9. The summed E-state index contributed by atoms with van der Waals surface area (Å²) in [5.74, 6) is -1.79. The van der Waals surface area contributed by atoms with Crippen LogP contribution in [-0.2, 0) is 14.4 Å². The van der Waals surface area contributed by atoms with Gasteiger partial charge in [0.25, 0.3) is 5.91 Å². The van der Waals surface area contributed by atoms with E-state index in [0.717, 1.165) is 30.6 Å². The molecule has 2 rings (SSSR count). The highest BCUT2D eigenvalue weighted by molar-refractivity contribution is 6.17. The molecule has 0 heterocycles. The molecule has 3 amide bonds. The van der Waals surface area contributed by atoms with Gasteiger partial charge in [0.2, 0.25) is 11.8 Å². The zero-order valence-corrected chi connectivity index (χ0v) is 17.6. The van der Waals surface area contributed by atoms with E-state index in [2.05, 4.69) is 10.6 Å². The van der Waals surface area contributed by atoms with Gasteiger partial charge in [-0.25, -0.2) is 4.90 Å². The topological polar surface area (TPSA) is 98.7 Å².